The normalized spacial score (nSPS) is 17.5. The minimum absolute atomic E-state index is 0.0437. The second kappa shape index (κ2) is 11.7. The predicted octanol–water partition coefficient (Wildman–Crippen LogP) is 3.65. The van der Waals surface area contributed by atoms with Gasteiger partial charge in [0.15, 0.2) is 0 Å². The number of hydrogen-bond acceptors (Lipinski definition) is 6. The van der Waals surface area contributed by atoms with Crippen LogP contribution in [0.25, 0.3) is 0 Å². The van der Waals surface area contributed by atoms with Crippen molar-refractivity contribution < 1.29 is 28.6 Å². The van der Waals surface area contributed by atoms with Gasteiger partial charge in [-0.2, -0.15) is 0 Å². The molecular formula is C24H28N2O6. The molecule has 0 bridgehead atoms. The molecule has 170 valence electrons. The average molecular weight is 440 g/mol. The number of carbonyl (C=O) groups is 3. The molecule has 1 saturated heterocycles. The van der Waals surface area contributed by atoms with Crippen molar-refractivity contribution in [2.45, 2.75) is 45.1 Å². The largest absolute Gasteiger partial charge is 0.466 e. The van der Waals surface area contributed by atoms with Crippen LogP contribution in [0.3, 0.4) is 0 Å². The Hall–Kier alpha value is -3.55. The average Bonchev–Trinajstić information content (AvgIpc) is 3.19. The lowest BCUT2D eigenvalue weighted by Crippen LogP contribution is -2.48. The lowest BCUT2D eigenvalue weighted by molar-refractivity contribution is -0.144. The molecule has 0 aliphatic carbocycles. The summed E-state index contributed by atoms with van der Waals surface area (Å²) in [5.74, 6) is -0.440. The van der Waals surface area contributed by atoms with E-state index >= 15 is 0 Å². The van der Waals surface area contributed by atoms with E-state index in [-0.39, 0.29) is 26.2 Å². The van der Waals surface area contributed by atoms with Crippen LogP contribution in [0.15, 0.2) is 60.7 Å². The zero-order valence-corrected chi connectivity index (χ0v) is 18.1. The van der Waals surface area contributed by atoms with Crippen LogP contribution in [-0.2, 0) is 32.2 Å². The Morgan fingerprint density at radius 2 is 1.50 bits per heavy atom. The third-order valence-electron chi connectivity index (χ3n) is 5.18. The van der Waals surface area contributed by atoms with E-state index in [0.717, 1.165) is 11.1 Å². The number of alkyl carbamates (subject to hydrolysis) is 1. The van der Waals surface area contributed by atoms with Crippen LogP contribution in [0.5, 0.6) is 0 Å². The number of amides is 2. The first-order valence-corrected chi connectivity index (χ1v) is 10.7. The van der Waals surface area contributed by atoms with Crippen molar-refractivity contribution in [3.63, 3.8) is 0 Å². The number of rotatable bonds is 8. The Kier molecular flexibility index (Phi) is 8.48. The van der Waals surface area contributed by atoms with Gasteiger partial charge in [-0.1, -0.05) is 60.7 Å². The number of benzene rings is 2. The van der Waals surface area contributed by atoms with Crippen LogP contribution in [0.2, 0.25) is 0 Å². The third kappa shape index (κ3) is 6.73. The molecule has 0 unspecified atom stereocenters. The fourth-order valence-electron chi connectivity index (χ4n) is 3.61. The molecule has 2 aromatic carbocycles. The van der Waals surface area contributed by atoms with E-state index in [0.29, 0.717) is 13.0 Å². The number of ether oxygens (including phenoxy) is 3. The Morgan fingerprint density at radius 3 is 2.09 bits per heavy atom. The van der Waals surface area contributed by atoms with E-state index < -0.39 is 30.2 Å². The summed E-state index contributed by atoms with van der Waals surface area (Å²) in [4.78, 5) is 38.7. The Labute approximate surface area is 187 Å². The van der Waals surface area contributed by atoms with Gasteiger partial charge in [-0.15, -0.1) is 0 Å². The third-order valence-corrected chi connectivity index (χ3v) is 5.18. The molecule has 1 heterocycles. The van der Waals surface area contributed by atoms with Gasteiger partial charge in [0.2, 0.25) is 0 Å². The molecule has 0 aromatic heterocycles. The molecule has 0 spiro atoms. The minimum Gasteiger partial charge on any atom is -0.466 e. The highest BCUT2D eigenvalue weighted by Gasteiger charge is 2.40. The monoisotopic (exact) mass is 440 g/mol. The molecule has 0 saturated carbocycles. The van der Waals surface area contributed by atoms with Crippen LogP contribution in [0, 0.1) is 0 Å². The molecule has 8 nitrogen and oxygen atoms in total. The van der Waals surface area contributed by atoms with Crippen LogP contribution in [0.4, 0.5) is 9.59 Å². The maximum Gasteiger partial charge on any atom is 0.410 e. The zero-order valence-electron chi connectivity index (χ0n) is 18.1. The fraction of sp³-hybridized carbons (Fsp3) is 0.375. The van der Waals surface area contributed by atoms with Gasteiger partial charge >= 0.3 is 18.2 Å². The molecule has 1 fully saturated rings. The number of nitrogens with one attached hydrogen (secondary N) is 1. The topological polar surface area (TPSA) is 94.2 Å². The Morgan fingerprint density at radius 1 is 0.906 bits per heavy atom. The number of esters is 1. The van der Waals surface area contributed by atoms with Crippen molar-refractivity contribution in [2.24, 2.45) is 0 Å². The first kappa shape index (κ1) is 23.1. The zero-order chi connectivity index (χ0) is 22.8. The van der Waals surface area contributed by atoms with Gasteiger partial charge in [0.1, 0.15) is 13.2 Å². The number of hydrogen-bond donors (Lipinski definition) is 1. The van der Waals surface area contributed by atoms with Gasteiger partial charge in [0.05, 0.1) is 25.1 Å². The maximum absolute atomic E-state index is 12.7. The molecule has 8 heteroatoms. The van der Waals surface area contributed by atoms with Gasteiger partial charge in [0, 0.05) is 6.54 Å². The Bertz CT molecular complexity index is 890. The van der Waals surface area contributed by atoms with E-state index in [9.17, 15) is 14.4 Å². The molecule has 1 aliphatic heterocycles. The lowest BCUT2D eigenvalue weighted by Gasteiger charge is -2.27. The molecule has 2 aromatic rings. The summed E-state index contributed by atoms with van der Waals surface area (Å²) in [6, 6.07) is 17.6. The highest BCUT2D eigenvalue weighted by atomic mass is 16.6. The van der Waals surface area contributed by atoms with Crippen LogP contribution < -0.4 is 5.32 Å². The van der Waals surface area contributed by atoms with Crippen molar-refractivity contribution >= 4 is 18.2 Å². The summed E-state index contributed by atoms with van der Waals surface area (Å²) in [5.41, 5.74) is 1.73. The number of likely N-dealkylation sites (tertiary alicyclic amines) is 1. The molecule has 1 N–H and O–H groups in total. The summed E-state index contributed by atoms with van der Waals surface area (Å²) in [7, 11) is 0. The molecule has 32 heavy (non-hydrogen) atoms. The van der Waals surface area contributed by atoms with Crippen molar-refractivity contribution in [1.82, 2.24) is 10.2 Å². The van der Waals surface area contributed by atoms with Gasteiger partial charge in [0.25, 0.3) is 0 Å². The quantitative estimate of drug-likeness (QED) is 0.498. The van der Waals surface area contributed by atoms with Crippen molar-refractivity contribution in [3.8, 4) is 0 Å². The Balaban J connectivity index is 1.59. The second-order valence-electron chi connectivity index (χ2n) is 7.41. The molecule has 0 radical (unpaired) electrons. The molecular weight excluding hydrogens is 412 g/mol. The first-order chi connectivity index (χ1) is 15.6. The predicted molar refractivity (Wildman–Crippen MR) is 117 cm³/mol. The van der Waals surface area contributed by atoms with Gasteiger partial charge in [-0.05, 0) is 24.5 Å². The van der Waals surface area contributed by atoms with E-state index in [1.165, 1.54) is 4.90 Å². The molecule has 2 atom stereocenters. The van der Waals surface area contributed by atoms with E-state index in [1.807, 2.05) is 60.7 Å². The summed E-state index contributed by atoms with van der Waals surface area (Å²) < 4.78 is 15.8. The SMILES string of the molecule is CCOC(=O)C[C@@H]1[C@@H](NC(=O)OCc2ccccc2)CCN1C(=O)OCc1ccccc1. The van der Waals surface area contributed by atoms with Crippen LogP contribution >= 0.6 is 0 Å². The van der Waals surface area contributed by atoms with Crippen molar-refractivity contribution in [1.29, 1.82) is 0 Å². The lowest BCUT2D eigenvalue weighted by atomic mass is 10.1. The van der Waals surface area contributed by atoms with Crippen LogP contribution in [0.1, 0.15) is 30.9 Å². The summed E-state index contributed by atoms with van der Waals surface area (Å²) in [6.07, 6.45) is -0.708. The van der Waals surface area contributed by atoms with E-state index in [4.69, 9.17) is 14.2 Å². The highest BCUT2D eigenvalue weighted by Crippen LogP contribution is 2.23. The fourth-order valence-corrected chi connectivity index (χ4v) is 3.61. The van der Waals surface area contributed by atoms with E-state index in [2.05, 4.69) is 5.32 Å². The highest BCUT2D eigenvalue weighted by molar-refractivity contribution is 5.74. The van der Waals surface area contributed by atoms with Crippen molar-refractivity contribution in [2.75, 3.05) is 13.2 Å². The first-order valence-electron chi connectivity index (χ1n) is 10.7. The standard InChI is InChI=1S/C24H28N2O6/c1-2-30-22(27)15-21-20(25-23(28)31-16-18-9-5-3-6-10-18)13-14-26(21)24(29)32-17-19-11-7-4-8-12-19/h3-12,20-21H,2,13-17H2,1H3,(H,25,28)/t20-,21+/m0/s1. The molecule has 1 aliphatic rings. The summed E-state index contributed by atoms with van der Waals surface area (Å²) in [5, 5.41) is 2.79. The minimum atomic E-state index is -0.604. The number of carbonyl (C=O) groups excluding carboxylic acids is 3. The second-order valence-corrected chi connectivity index (χ2v) is 7.41. The van der Waals surface area contributed by atoms with Gasteiger partial charge < -0.3 is 24.4 Å². The van der Waals surface area contributed by atoms with E-state index in [1.54, 1.807) is 6.92 Å². The summed E-state index contributed by atoms with van der Waals surface area (Å²) >= 11 is 0. The smallest absolute Gasteiger partial charge is 0.410 e. The van der Waals surface area contributed by atoms with Crippen LogP contribution in [-0.4, -0.2) is 48.3 Å². The van der Waals surface area contributed by atoms with Crippen molar-refractivity contribution in [3.05, 3.63) is 71.8 Å². The van der Waals surface area contributed by atoms with Gasteiger partial charge in [-0.3, -0.25) is 4.79 Å². The molecule has 3 rings (SSSR count). The molecule has 2 amide bonds. The summed E-state index contributed by atoms with van der Waals surface area (Å²) in [6.45, 7) is 2.56. The van der Waals surface area contributed by atoms with Gasteiger partial charge in [-0.25, -0.2) is 9.59 Å². The maximum atomic E-state index is 12.7. The number of nitrogens with zero attached hydrogens (tertiary/aromatic N) is 1.